The standard InChI is InChI=1S/C17H21NO3S/c1-3-20-15-8-4-5-9-16(15)21-12-17(19)18-13(2)11-14-7-6-10-22-14/h4-10,13H,3,11-12H2,1-2H3,(H,18,19). The van der Waals surface area contributed by atoms with Gasteiger partial charge in [-0.25, -0.2) is 0 Å². The molecule has 1 heterocycles. The van der Waals surface area contributed by atoms with E-state index in [1.54, 1.807) is 17.4 Å². The van der Waals surface area contributed by atoms with E-state index in [4.69, 9.17) is 9.47 Å². The minimum Gasteiger partial charge on any atom is -0.490 e. The van der Waals surface area contributed by atoms with Crippen LogP contribution in [0.15, 0.2) is 41.8 Å². The Kier molecular flexibility index (Phi) is 6.27. The topological polar surface area (TPSA) is 47.6 Å². The smallest absolute Gasteiger partial charge is 0.258 e. The number of carbonyl (C=O) groups excluding carboxylic acids is 1. The van der Waals surface area contributed by atoms with Gasteiger partial charge in [-0.2, -0.15) is 0 Å². The first-order chi connectivity index (χ1) is 10.7. The minimum atomic E-state index is -0.129. The molecule has 4 nitrogen and oxygen atoms in total. The van der Waals surface area contributed by atoms with Crippen molar-refractivity contribution < 1.29 is 14.3 Å². The minimum absolute atomic E-state index is 0.0150. The maximum atomic E-state index is 12.0. The highest BCUT2D eigenvalue weighted by atomic mass is 32.1. The Morgan fingerprint density at radius 1 is 1.18 bits per heavy atom. The molecule has 0 saturated heterocycles. The van der Waals surface area contributed by atoms with E-state index in [9.17, 15) is 4.79 Å². The monoisotopic (exact) mass is 319 g/mol. The van der Waals surface area contributed by atoms with Gasteiger partial charge >= 0.3 is 0 Å². The maximum absolute atomic E-state index is 12.0. The van der Waals surface area contributed by atoms with Crippen molar-refractivity contribution >= 4 is 17.2 Å². The summed E-state index contributed by atoms with van der Waals surface area (Å²) in [5, 5.41) is 4.98. The summed E-state index contributed by atoms with van der Waals surface area (Å²) in [5.74, 6) is 1.12. The number of rotatable bonds is 8. The van der Waals surface area contributed by atoms with Crippen LogP contribution in [0.5, 0.6) is 11.5 Å². The van der Waals surface area contributed by atoms with Gasteiger partial charge in [-0.15, -0.1) is 11.3 Å². The first-order valence-corrected chi connectivity index (χ1v) is 8.23. The molecule has 0 aliphatic heterocycles. The summed E-state index contributed by atoms with van der Waals surface area (Å²) in [6.07, 6.45) is 0.832. The molecule has 2 rings (SSSR count). The fourth-order valence-electron chi connectivity index (χ4n) is 2.09. The first-order valence-electron chi connectivity index (χ1n) is 7.35. The van der Waals surface area contributed by atoms with E-state index in [2.05, 4.69) is 11.4 Å². The van der Waals surface area contributed by atoms with Crippen molar-refractivity contribution in [1.29, 1.82) is 0 Å². The number of hydrogen-bond donors (Lipinski definition) is 1. The molecule has 1 amide bonds. The molecule has 0 saturated carbocycles. The quantitative estimate of drug-likeness (QED) is 0.812. The van der Waals surface area contributed by atoms with E-state index in [-0.39, 0.29) is 18.6 Å². The predicted molar refractivity (Wildman–Crippen MR) is 88.7 cm³/mol. The fraction of sp³-hybridized carbons (Fsp3) is 0.353. The number of ether oxygens (including phenoxy) is 2. The van der Waals surface area contributed by atoms with E-state index in [0.717, 1.165) is 6.42 Å². The highest BCUT2D eigenvalue weighted by Gasteiger charge is 2.11. The molecule has 1 N–H and O–H groups in total. The van der Waals surface area contributed by atoms with Crippen LogP contribution in [0.1, 0.15) is 18.7 Å². The molecule has 1 aromatic heterocycles. The lowest BCUT2D eigenvalue weighted by Gasteiger charge is -2.14. The molecule has 1 unspecified atom stereocenters. The van der Waals surface area contributed by atoms with Gasteiger partial charge in [0.25, 0.3) is 5.91 Å². The van der Waals surface area contributed by atoms with Crippen LogP contribution < -0.4 is 14.8 Å². The fourth-order valence-corrected chi connectivity index (χ4v) is 2.92. The molecule has 0 aliphatic rings. The summed E-state index contributed by atoms with van der Waals surface area (Å²) < 4.78 is 11.0. The molecule has 118 valence electrons. The number of nitrogens with one attached hydrogen (secondary N) is 1. The van der Waals surface area contributed by atoms with Crippen molar-refractivity contribution in [1.82, 2.24) is 5.32 Å². The van der Waals surface area contributed by atoms with Crippen LogP contribution in [0, 0.1) is 0 Å². The van der Waals surface area contributed by atoms with Crippen LogP contribution in [0.3, 0.4) is 0 Å². The Morgan fingerprint density at radius 2 is 1.91 bits per heavy atom. The van der Waals surface area contributed by atoms with Crippen LogP contribution in [-0.2, 0) is 11.2 Å². The Morgan fingerprint density at radius 3 is 2.55 bits per heavy atom. The third-order valence-electron chi connectivity index (χ3n) is 3.00. The third-order valence-corrected chi connectivity index (χ3v) is 3.90. The van der Waals surface area contributed by atoms with E-state index in [0.29, 0.717) is 18.1 Å². The molecular formula is C17H21NO3S. The van der Waals surface area contributed by atoms with Crippen molar-refractivity contribution in [2.24, 2.45) is 0 Å². The number of benzene rings is 1. The zero-order chi connectivity index (χ0) is 15.8. The van der Waals surface area contributed by atoms with Crippen LogP contribution in [0.4, 0.5) is 0 Å². The van der Waals surface area contributed by atoms with Gasteiger partial charge < -0.3 is 14.8 Å². The second-order valence-corrected chi connectivity index (χ2v) is 5.95. The van der Waals surface area contributed by atoms with Gasteiger partial charge in [0.2, 0.25) is 0 Å². The maximum Gasteiger partial charge on any atom is 0.258 e. The van der Waals surface area contributed by atoms with E-state index >= 15 is 0 Å². The van der Waals surface area contributed by atoms with Crippen molar-refractivity contribution in [2.75, 3.05) is 13.2 Å². The van der Waals surface area contributed by atoms with E-state index < -0.39 is 0 Å². The molecule has 2 aromatic rings. The highest BCUT2D eigenvalue weighted by Crippen LogP contribution is 2.26. The third kappa shape index (κ3) is 5.07. The Labute approximate surface area is 135 Å². The lowest BCUT2D eigenvalue weighted by molar-refractivity contribution is -0.123. The summed E-state index contributed by atoms with van der Waals surface area (Å²) in [7, 11) is 0. The SMILES string of the molecule is CCOc1ccccc1OCC(=O)NC(C)Cc1cccs1. The van der Waals surface area contributed by atoms with Gasteiger partial charge in [-0.1, -0.05) is 18.2 Å². The number of thiophene rings is 1. The van der Waals surface area contributed by atoms with Gasteiger partial charge in [-0.05, 0) is 37.4 Å². The molecule has 0 radical (unpaired) electrons. The molecule has 0 aliphatic carbocycles. The second-order valence-electron chi connectivity index (χ2n) is 4.92. The van der Waals surface area contributed by atoms with Crippen molar-refractivity contribution in [3.8, 4) is 11.5 Å². The van der Waals surface area contributed by atoms with Crippen LogP contribution in [0.25, 0.3) is 0 Å². The zero-order valence-corrected chi connectivity index (χ0v) is 13.7. The molecule has 0 bridgehead atoms. The summed E-state index contributed by atoms with van der Waals surface area (Å²) in [6, 6.07) is 11.5. The largest absolute Gasteiger partial charge is 0.490 e. The summed E-state index contributed by atoms with van der Waals surface area (Å²) in [5.41, 5.74) is 0. The second kappa shape index (κ2) is 8.44. The predicted octanol–water partition coefficient (Wildman–Crippen LogP) is 3.27. The van der Waals surface area contributed by atoms with Crippen molar-refractivity contribution in [3.05, 3.63) is 46.7 Å². The summed E-state index contributed by atoms with van der Waals surface area (Å²) in [6.45, 7) is 4.45. The Bertz CT molecular complexity index is 583. The molecule has 0 fully saturated rings. The first kappa shape index (κ1) is 16.4. The zero-order valence-electron chi connectivity index (χ0n) is 12.9. The van der Waals surface area contributed by atoms with Crippen LogP contribution in [0.2, 0.25) is 0 Å². The molecule has 22 heavy (non-hydrogen) atoms. The number of carbonyl (C=O) groups is 1. The Balaban J connectivity index is 1.80. The van der Waals surface area contributed by atoms with Gasteiger partial charge in [0.1, 0.15) is 0 Å². The number of para-hydroxylation sites is 2. The van der Waals surface area contributed by atoms with Crippen molar-refractivity contribution in [3.63, 3.8) is 0 Å². The van der Waals surface area contributed by atoms with Gasteiger partial charge in [-0.3, -0.25) is 4.79 Å². The summed E-state index contributed by atoms with van der Waals surface area (Å²) in [4.78, 5) is 13.2. The Hall–Kier alpha value is -2.01. The molecule has 1 atom stereocenters. The van der Waals surface area contributed by atoms with Gasteiger partial charge in [0, 0.05) is 17.3 Å². The van der Waals surface area contributed by atoms with Crippen molar-refractivity contribution in [2.45, 2.75) is 26.3 Å². The average molecular weight is 319 g/mol. The lowest BCUT2D eigenvalue weighted by Crippen LogP contribution is -2.37. The van der Waals surface area contributed by atoms with Crippen LogP contribution >= 0.6 is 11.3 Å². The lowest BCUT2D eigenvalue weighted by atomic mass is 10.2. The average Bonchev–Trinajstić information content (AvgIpc) is 2.99. The molecule has 5 heteroatoms. The molecule has 0 spiro atoms. The molecule has 1 aromatic carbocycles. The van der Waals surface area contributed by atoms with Gasteiger partial charge in [0.15, 0.2) is 18.1 Å². The normalized spacial score (nSPS) is 11.7. The molecular weight excluding hydrogens is 298 g/mol. The highest BCUT2D eigenvalue weighted by molar-refractivity contribution is 7.09. The van der Waals surface area contributed by atoms with Crippen LogP contribution in [-0.4, -0.2) is 25.2 Å². The van der Waals surface area contributed by atoms with Gasteiger partial charge in [0.05, 0.1) is 6.61 Å². The van der Waals surface area contributed by atoms with E-state index in [1.807, 2.05) is 43.5 Å². The number of hydrogen-bond acceptors (Lipinski definition) is 4. The van der Waals surface area contributed by atoms with E-state index in [1.165, 1.54) is 4.88 Å². The summed E-state index contributed by atoms with van der Waals surface area (Å²) >= 11 is 1.70. The number of amides is 1.